The van der Waals surface area contributed by atoms with Crippen molar-refractivity contribution in [3.63, 3.8) is 0 Å². The Morgan fingerprint density at radius 3 is 1.81 bits per heavy atom. The quantitative estimate of drug-likeness (QED) is 0.182. The molecule has 11 nitrogen and oxygen atoms in total. The van der Waals surface area contributed by atoms with Crippen LogP contribution in [-0.4, -0.2) is 64.6 Å². The lowest BCUT2D eigenvalue weighted by atomic mass is 10.0. The van der Waals surface area contributed by atoms with Crippen molar-refractivity contribution in [1.82, 2.24) is 16.0 Å². The molecule has 0 saturated heterocycles. The summed E-state index contributed by atoms with van der Waals surface area (Å²) in [6, 6.07) is -4.61. The molecule has 12 heteroatoms. The van der Waals surface area contributed by atoms with Crippen LogP contribution in [0.1, 0.15) is 27.2 Å². The number of thiol groups is 1. The van der Waals surface area contributed by atoms with Gasteiger partial charge in [0.1, 0.15) is 18.1 Å². The molecule has 0 saturated carbocycles. The number of carboxylic acids is 1. The van der Waals surface area contributed by atoms with Crippen molar-refractivity contribution < 1.29 is 29.1 Å². The average Bonchev–Trinajstić information content (AvgIpc) is 2.56. The smallest absolute Gasteiger partial charge is 0.325 e. The van der Waals surface area contributed by atoms with Crippen molar-refractivity contribution in [2.75, 3.05) is 5.75 Å². The van der Waals surface area contributed by atoms with Crippen molar-refractivity contribution in [1.29, 1.82) is 0 Å². The molecule has 0 aromatic carbocycles. The van der Waals surface area contributed by atoms with Crippen molar-refractivity contribution in [3.05, 3.63) is 0 Å². The van der Waals surface area contributed by atoms with E-state index in [0.717, 1.165) is 0 Å². The van der Waals surface area contributed by atoms with Crippen LogP contribution in [0.4, 0.5) is 0 Å². The third-order valence-corrected chi connectivity index (χ3v) is 3.97. The fourth-order valence-corrected chi connectivity index (χ4v) is 2.08. The Morgan fingerprint density at radius 2 is 1.41 bits per heavy atom. The number of nitrogens with two attached hydrogens (primary N) is 2. The third kappa shape index (κ3) is 8.73. The van der Waals surface area contributed by atoms with E-state index in [0.29, 0.717) is 0 Å². The Bertz CT molecular complexity index is 585. The molecule has 0 spiro atoms. The van der Waals surface area contributed by atoms with Crippen molar-refractivity contribution in [2.45, 2.75) is 51.4 Å². The van der Waals surface area contributed by atoms with Crippen LogP contribution in [0.3, 0.4) is 0 Å². The van der Waals surface area contributed by atoms with Crippen molar-refractivity contribution in [3.8, 4) is 0 Å². The molecule has 0 aliphatic rings. The van der Waals surface area contributed by atoms with E-state index in [-0.39, 0.29) is 11.7 Å². The van der Waals surface area contributed by atoms with E-state index in [1.807, 2.05) is 0 Å². The summed E-state index contributed by atoms with van der Waals surface area (Å²) in [5.74, 6) is -4.75. The lowest BCUT2D eigenvalue weighted by Crippen LogP contribution is -2.58. The molecule has 0 heterocycles. The first-order valence-electron chi connectivity index (χ1n) is 8.19. The number of carboxylic acid groups (broad SMARTS) is 1. The zero-order chi connectivity index (χ0) is 21.3. The Kier molecular flexibility index (Phi) is 10.4. The highest BCUT2D eigenvalue weighted by Gasteiger charge is 2.30. The maximum atomic E-state index is 12.4. The summed E-state index contributed by atoms with van der Waals surface area (Å²) in [6.45, 7) is 4.66. The highest BCUT2D eigenvalue weighted by atomic mass is 32.1. The van der Waals surface area contributed by atoms with Crippen LogP contribution in [0.25, 0.3) is 0 Å². The molecule has 0 bridgehead atoms. The summed E-state index contributed by atoms with van der Waals surface area (Å²) in [7, 11) is 0. The Hall–Kier alpha value is -2.34. The standard InChI is InChI=1S/C15H27N5O6S/c1-6(2)11(17)14(24)19-8(4-10(16)21)12(22)20-9(5-27)13(23)18-7(3)15(25)26/h6-9,11,27H,4-5,17H2,1-3H3,(H2,16,21)(H,18,23)(H,19,24)(H,20,22)(H,25,26). The minimum Gasteiger partial charge on any atom is -0.480 e. The molecule has 8 N–H and O–H groups in total. The molecule has 154 valence electrons. The lowest BCUT2D eigenvalue weighted by Gasteiger charge is -2.24. The molecule has 0 aliphatic heterocycles. The second-order valence-corrected chi connectivity index (χ2v) is 6.68. The zero-order valence-electron chi connectivity index (χ0n) is 15.4. The zero-order valence-corrected chi connectivity index (χ0v) is 16.3. The number of aliphatic carboxylic acids is 1. The van der Waals surface area contributed by atoms with Gasteiger partial charge in [-0.15, -0.1) is 0 Å². The second kappa shape index (κ2) is 11.4. The van der Waals surface area contributed by atoms with Crippen LogP contribution in [0.15, 0.2) is 0 Å². The van der Waals surface area contributed by atoms with Gasteiger partial charge in [0, 0.05) is 5.75 Å². The van der Waals surface area contributed by atoms with E-state index in [1.54, 1.807) is 13.8 Å². The highest BCUT2D eigenvalue weighted by Crippen LogP contribution is 2.02. The number of carbonyl (C=O) groups is 5. The van der Waals surface area contributed by atoms with Gasteiger partial charge in [0.05, 0.1) is 12.5 Å². The predicted octanol–water partition coefficient (Wildman–Crippen LogP) is -2.67. The van der Waals surface area contributed by atoms with Gasteiger partial charge in [-0.25, -0.2) is 0 Å². The van der Waals surface area contributed by atoms with Crippen molar-refractivity contribution >= 4 is 42.2 Å². The monoisotopic (exact) mass is 405 g/mol. The van der Waals surface area contributed by atoms with Crippen LogP contribution in [-0.2, 0) is 24.0 Å². The van der Waals surface area contributed by atoms with Gasteiger partial charge < -0.3 is 32.5 Å². The van der Waals surface area contributed by atoms with Gasteiger partial charge in [-0.2, -0.15) is 12.6 Å². The molecule has 0 fully saturated rings. The van der Waals surface area contributed by atoms with E-state index in [9.17, 15) is 24.0 Å². The number of rotatable bonds is 11. The second-order valence-electron chi connectivity index (χ2n) is 6.31. The fraction of sp³-hybridized carbons (Fsp3) is 0.667. The van der Waals surface area contributed by atoms with Gasteiger partial charge in [-0.3, -0.25) is 24.0 Å². The van der Waals surface area contributed by atoms with Gasteiger partial charge >= 0.3 is 5.97 Å². The molecule has 0 aromatic rings. The maximum Gasteiger partial charge on any atom is 0.325 e. The number of carbonyl (C=O) groups excluding carboxylic acids is 4. The minimum absolute atomic E-state index is 0.146. The minimum atomic E-state index is -1.34. The maximum absolute atomic E-state index is 12.4. The molecule has 4 atom stereocenters. The van der Waals surface area contributed by atoms with E-state index in [4.69, 9.17) is 16.6 Å². The number of hydrogen-bond donors (Lipinski definition) is 7. The first-order chi connectivity index (χ1) is 12.4. The van der Waals surface area contributed by atoms with E-state index >= 15 is 0 Å². The van der Waals surface area contributed by atoms with E-state index < -0.39 is 60.2 Å². The van der Waals surface area contributed by atoms with Gasteiger partial charge in [-0.1, -0.05) is 13.8 Å². The topological polar surface area (TPSA) is 194 Å². The van der Waals surface area contributed by atoms with E-state index in [1.165, 1.54) is 6.92 Å². The number of amides is 4. The Balaban J connectivity index is 5.14. The summed E-state index contributed by atoms with van der Waals surface area (Å²) < 4.78 is 0. The van der Waals surface area contributed by atoms with Gasteiger partial charge in [-0.05, 0) is 12.8 Å². The molecule has 0 aromatic heterocycles. The van der Waals surface area contributed by atoms with Crippen LogP contribution in [0.2, 0.25) is 0 Å². The third-order valence-electron chi connectivity index (χ3n) is 3.60. The first-order valence-corrected chi connectivity index (χ1v) is 8.82. The van der Waals surface area contributed by atoms with Crippen molar-refractivity contribution in [2.24, 2.45) is 17.4 Å². The summed E-state index contributed by atoms with van der Waals surface area (Å²) >= 11 is 3.95. The molecule has 0 radical (unpaired) electrons. The predicted molar refractivity (Wildman–Crippen MR) is 99.6 cm³/mol. The summed E-state index contributed by atoms with van der Waals surface area (Å²) in [6.07, 6.45) is -0.505. The van der Waals surface area contributed by atoms with E-state index in [2.05, 4.69) is 28.6 Å². The number of primary amides is 1. The molecule has 4 unspecified atom stereocenters. The molecular weight excluding hydrogens is 378 g/mol. The SMILES string of the molecule is CC(NC(=O)C(CS)NC(=O)C(CC(N)=O)NC(=O)C(N)C(C)C)C(=O)O. The van der Waals surface area contributed by atoms with Gasteiger partial charge in [0.25, 0.3) is 0 Å². The van der Waals surface area contributed by atoms with Crippen LogP contribution in [0, 0.1) is 5.92 Å². The summed E-state index contributed by atoms with van der Waals surface area (Å²) in [4.78, 5) is 58.5. The molecule has 0 aliphatic carbocycles. The highest BCUT2D eigenvalue weighted by molar-refractivity contribution is 7.80. The van der Waals surface area contributed by atoms with Crippen LogP contribution < -0.4 is 27.4 Å². The average molecular weight is 405 g/mol. The van der Waals surface area contributed by atoms with Crippen LogP contribution >= 0.6 is 12.6 Å². The Morgan fingerprint density at radius 1 is 0.926 bits per heavy atom. The lowest BCUT2D eigenvalue weighted by molar-refractivity contribution is -0.141. The number of hydrogen-bond acceptors (Lipinski definition) is 7. The summed E-state index contributed by atoms with van der Waals surface area (Å²) in [5, 5.41) is 15.6. The van der Waals surface area contributed by atoms with Crippen LogP contribution in [0.5, 0.6) is 0 Å². The summed E-state index contributed by atoms with van der Waals surface area (Å²) in [5.41, 5.74) is 10.8. The van der Waals surface area contributed by atoms with Gasteiger partial charge in [0.15, 0.2) is 0 Å². The first kappa shape index (κ1) is 24.7. The normalized spacial score (nSPS) is 15.2. The van der Waals surface area contributed by atoms with Gasteiger partial charge in [0.2, 0.25) is 23.6 Å². The molecular formula is C15H27N5O6S. The largest absolute Gasteiger partial charge is 0.480 e. The fourth-order valence-electron chi connectivity index (χ4n) is 1.82. The molecule has 4 amide bonds. The Labute approximate surface area is 162 Å². The molecule has 0 rings (SSSR count). The number of nitrogens with one attached hydrogen (secondary N) is 3. The molecule has 27 heavy (non-hydrogen) atoms.